The fourth-order valence-electron chi connectivity index (χ4n) is 1.75. The lowest BCUT2D eigenvalue weighted by molar-refractivity contribution is 0.470. The summed E-state index contributed by atoms with van der Waals surface area (Å²) in [4.78, 5) is 11.4. The molecule has 3 nitrogen and oxygen atoms in total. The Bertz CT molecular complexity index is 326. The van der Waals surface area contributed by atoms with E-state index in [4.69, 9.17) is 0 Å². The summed E-state index contributed by atoms with van der Waals surface area (Å²) in [6, 6.07) is 5.29. The molecule has 0 atom stereocenters. The maximum absolute atomic E-state index is 11.4. The summed E-state index contributed by atoms with van der Waals surface area (Å²) in [7, 11) is 0. The third-order valence-electron chi connectivity index (χ3n) is 2.44. The van der Waals surface area contributed by atoms with Crippen LogP contribution in [-0.2, 0) is 0 Å². The second kappa shape index (κ2) is 3.64. The molecule has 3 heteroatoms. The third-order valence-corrected chi connectivity index (χ3v) is 2.44. The van der Waals surface area contributed by atoms with E-state index in [0.29, 0.717) is 0 Å². The minimum atomic E-state index is 0.0735. The number of hydrogen-bond acceptors (Lipinski definition) is 2. The van der Waals surface area contributed by atoms with Crippen molar-refractivity contribution < 1.29 is 0 Å². The number of nitrogens with zero attached hydrogens (tertiary/aromatic N) is 2. The first-order valence-corrected chi connectivity index (χ1v) is 4.81. The molecule has 2 rings (SSSR count). The van der Waals surface area contributed by atoms with Gasteiger partial charge in [0.1, 0.15) is 0 Å². The zero-order valence-corrected chi connectivity index (χ0v) is 7.65. The Hall–Kier alpha value is -1.25. The molecule has 0 N–H and O–H groups in total. The van der Waals surface area contributed by atoms with E-state index < -0.39 is 0 Å². The summed E-state index contributed by atoms with van der Waals surface area (Å²) in [5, 5.41) is 2.12. The zero-order valence-electron chi connectivity index (χ0n) is 7.65. The van der Waals surface area contributed by atoms with Crippen molar-refractivity contribution in [2.24, 2.45) is 0 Å². The van der Waals surface area contributed by atoms with Gasteiger partial charge in [0.15, 0.2) is 0 Å². The van der Waals surface area contributed by atoms with Crippen molar-refractivity contribution in [2.75, 3.05) is 18.1 Å². The number of piperidine rings is 1. The van der Waals surface area contributed by atoms with Crippen molar-refractivity contribution in [1.82, 2.24) is 4.68 Å². The summed E-state index contributed by atoms with van der Waals surface area (Å²) < 4.78 is 1.72. The molecule has 13 heavy (non-hydrogen) atoms. The average Bonchev–Trinajstić information content (AvgIpc) is 2.20. The predicted molar refractivity (Wildman–Crippen MR) is 52.5 cm³/mol. The first kappa shape index (κ1) is 8.35. The monoisotopic (exact) mass is 178 g/mol. The Morgan fingerprint density at radius 1 is 1.08 bits per heavy atom. The highest BCUT2D eigenvalue weighted by Gasteiger charge is 2.10. The molecule has 1 fully saturated rings. The summed E-state index contributed by atoms with van der Waals surface area (Å²) in [5.41, 5.74) is 0.0735. The van der Waals surface area contributed by atoms with Crippen molar-refractivity contribution in [3.8, 4) is 0 Å². The van der Waals surface area contributed by atoms with Gasteiger partial charge in [-0.25, -0.2) is 4.68 Å². The molecule has 1 aliphatic rings. The van der Waals surface area contributed by atoms with E-state index in [1.54, 1.807) is 16.8 Å². The molecule has 1 aromatic rings. The molecule has 0 saturated carbocycles. The molecule has 0 unspecified atom stereocenters. The first-order chi connectivity index (χ1) is 6.38. The van der Waals surface area contributed by atoms with Crippen LogP contribution in [0.5, 0.6) is 0 Å². The summed E-state index contributed by atoms with van der Waals surface area (Å²) in [6.45, 7) is 2.01. The van der Waals surface area contributed by atoms with Crippen LogP contribution in [0.3, 0.4) is 0 Å². The summed E-state index contributed by atoms with van der Waals surface area (Å²) in [6.07, 6.45) is 5.52. The van der Waals surface area contributed by atoms with E-state index in [1.165, 1.54) is 19.3 Å². The smallest absolute Gasteiger partial charge is 0.268 e. The minimum Gasteiger partial charge on any atom is -0.310 e. The van der Waals surface area contributed by atoms with E-state index >= 15 is 0 Å². The van der Waals surface area contributed by atoms with Crippen molar-refractivity contribution in [3.63, 3.8) is 0 Å². The van der Waals surface area contributed by atoms with Crippen molar-refractivity contribution in [1.29, 1.82) is 0 Å². The Morgan fingerprint density at radius 2 is 1.85 bits per heavy atom. The summed E-state index contributed by atoms with van der Waals surface area (Å²) >= 11 is 0. The molecule has 70 valence electrons. The number of aromatic nitrogens is 1. The van der Waals surface area contributed by atoms with Crippen LogP contribution in [0.1, 0.15) is 19.3 Å². The Labute approximate surface area is 77.6 Å². The average molecular weight is 178 g/mol. The second-order valence-electron chi connectivity index (χ2n) is 3.40. The highest BCUT2D eigenvalue weighted by Crippen LogP contribution is 2.06. The molecule has 0 amide bonds. The van der Waals surface area contributed by atoms with Gasteiger partial charge in [-0.15, -0.1) is 0 Å². The maximum atomic E-state index is 11.4. The quantitative estimate of drug-likeness (QED) is 0.640. The lowest BCUT2D eigenvalue weighted by Crippen LogP contribution is -2.44. The van der Waals surface area contributed by atoms with Gasteiger partial charge in [0.25, 0.3) is 5.56 Å². The van der Waals surface area contributed by atoms with Gasteiger partial charge in [-0.3, -0.25) is 4.79 Å². The first-order valence-electron chi connectivity index (χ1n) is 4.81. The van der Waals surface area contributed by atoms with Crippen molar-refractivity contribution in [2.45, 2.75) is 19.3 Å². The molecule has 1 aliphatic heterocycles. The maximum Gasteiger partial charge on any atom is 0.268 e. The van der Waals surface area contributed by atoms with E-state index in [-0.39, 0.29) is 5.56 Å². The normalized spacial score (nSPS) is 17.4. The van der Waals surface area contributed by atoms with Gasteiger partial charge in [0.2, 0.25) is 0 Å². The summed E-state index contributed by atoms with van der Waals surface area (Å²) in [5.74, 6) is 0. The molecular weight excluding hydrogens is 164 g/mol. The molecule has 0 aromatic carbocycles. The topological polar surface area (TPSA) is 25.2 Å². The zero-order chi connectivity index (χ0) is 9.10. The van der Waals surface area contributed by atoms with Gasteiger partial charge in [0.05, 0.1) is 0 Å². The molecule has 1 aromatic heterocycles. The molecule has 0 radical (unpaired) electrons. The van der Waals surface area contributed by atoms with E-state index in [0.717, 1.165) is 13.1 Å². The second-order valence-corrected chi connectivity index (χ2v) is 3.40. The van der Waals surface area contributed by atoms with Crippen LogP contribution in [0.25, 0.3) is 0 Å². The van der Waals surface area contributed by atoms with E-state index in [2.05, 4.69) is 5.01 Å². The van der Waals surface area contributed by atoms with Gasteiger partial charge < -0.3 is 5.01 Å². The van der Waals surface area contributed by atoms with Crippen LogP contribution < -0.4 is 10.6 Å². The number of rotatable bonds is 1. The molecular formula is C10H14N2O. The molecule has 0 bridgehead atoms. The lowest BCUT2D eigenvalue weighted by atomic mass is 10.2. The number of pyridine rings is 1. The van der Waals surface area contributed by atoms with E-state index in [9.17, 15) is 4.79 Å². The van der Waals surface area contributed by atoms with Crippen molar-refractivity contribution in [3.05, 3.63) is 34.7 Å². The Morgan fingerprint density at radius 3 is 2.54 bits per heavy atom. The van der Waals surface area contributed by atoms with Gasteiger partial charge in [0, 0.05) is 25.4 Å². The van der Waals surface area contributed by atoms with Gasteiger partial charge in [-0.1, -0.05) is 6.07 Å². The molecule has 2 heterocycles. The number of hydrogen-bond donors (Lipinski definition) is 0. The van der Waals surface area contributed by atoms with Crippen LogP contribution >= 0.6 is 0 Å². The van der Waals surface area contributed by atoms with Gasteiger partial charge in [-0.05, 0) is 25.3 Å². The van der Waals surface area contributed by atoms with Gasteiger partial charge in [-0.2, -0.15) is 0 Å². The van der Waals surface area contributed by atoms with Crippen LogP contribution in [0.4, 0.5) is 0 Å². The Balaban J connectivity index is 2.24. The van der Waals surface area contributed by atoms with Crippen LogP contribution in [0.2, 0.25) is 0 Å². The molecule has 0 spiro atoms. The van der Waals surface area contributed by atoms with E-state index in [1.807, 2.05) is 12.3 Å². The fourth-order valence-corrected chi connectivity index (χ4v) is 1.75. The SMILES string of the molecule is O=c1ccccn1N1CCCCC1. The molecule has 1 saturated heterocycles. The van der Waals surface area contributed by atoms with Crippen LogP contribution in [0.15, 0.2) is 29.2 Å². The van der Waals surface area contributed by atoms with Gasteiger partial charge >= 0.3 is 0 Å². The standard InChI is InChI=1S/C10H14N2O/c13-10-6-2-5-9-12(10)11-7-3-1-4-8-11/h2,5-6,9H,1,3-4,7-8H2. The molecule has 0 aliphatic carbocycles. The van der Waals surface area contributed by atoms with Crippen LogP contribution in [-0.4, -0.2) is 17.8 Å². The highest BCUT2D eigenvalue weighted by molar-refractivity contribution is 4.99. The van der Waals surface area contributed by atoms with Crippen molar-refractivity contribution >= 4 is 0 Å². The third kappa shape index (κ3) is 1.74. The lowest BCUT2D eigenvalue weighted by Gasteiger charge is -2.29. The van der Waals surface area contributed by atoms with Crippen LogP contribution in [0, 0.1) is 0 Å². The predicted octanol–water partition coefficient (Wildman–Crippen LogP) is 0.970. The fraction of sp³-hybridized carbons (Fsp3) is 0.500. The Kier molecular flexibility index (Phi) is 2.34. The highest BCUT2D eigenvalue weighted by atomic mass is 16.1. The minimum absolute atomic E-state index is 0.0735. The largest absolute Gasteiger partial charge is 0.310 e.